The standard InChI is InChI=1S/C12H17F2NO2/c1-9(17)10-4-2-3-5-11(10)15(6-7-16)8-12(13)14/h2-5,9,12,16-17H,6-8H2,1H3/t9-/m0/s1. The summed E-state index contributed by atoms with van der Waals surface area (Å²) in [5, 5.41) is 18.5. The molecule has 2 N–H and O–H groups in total. The molecule has 3 nitrogen and oxygen atoms in total. The summed E-state index contributed by atoms with van der Waals surface area (Å²) in [4.78, 5) is 1.38. The molecule has 5 heteroatoms. The molecule has 0 spiro atoms. The number of aliphatic hydroxyl groups is 2. The van der Waals surface area contributed by atoms with Crippen LogP contribution in [0.3, 0.4) is 0 Å². The van der Waals surface area contributed by atoms with Crippen LogP contribution in [0.4, 0.5) is 14.5 Å². The Hall–Kier alpha value is -1.20. The van der Waals surface area contributed by atoms with Crippen molar-refractivity contribution in [2.75, 3.05) is 24.6 Å². The fourth-order valence-corrected chi connectivity index (χ4v) is 1.73. The number of nitrogens with zero attached hydrogens (tertiary/aromatic N) is 1. The average molecular weight is 245 g/mol. The van der Waals surface area contributed by atoms with Crippen LogP contribution < -0.4 is 4.90 Å². The van der Waals surface area contributed by atoms with Crippen molar-refractivity contribution in [3.63, 3.8) is 0 Å². The minimum Gasteiger partial charge on any atom is -0.395 e. The van der Waals surface area contributed by atoms with Gasteiger partial charge in [-0.3, -0.25) is 0 Å². The van der Waals surface area contributed by atoms with Gasteiger partial charge in [-0.1, -0.05) is 18.2 Å². The molecule has 0 fully saturated rings. The van der Waals surface area contributed by atoms with Gasteiger partial charge in [0.15, 0.2) is 0 Å². The SMILES string of the molecule is C[C@H](O)c1ccccc1N(CCO)CC(F)F. The second-order valence-corrected chi connectivity index (χ2v) is 3.80. The molecule has 0 aromatic heterocycles. The number of para-hydroxylation sites is 1. The van der Waals surface area contributed by atoms with Crippen molar-refractivity contribution in [2.45, 2.75) is 19.5 Å². The molecule has 1 rings (SSSR count). The van der Waals surface area contributed by atoms with Crippen LogP contribution in [0.15, 0.2) is 24.3 Å². The Labute approximate surface area is 99.3 Å². The number of anilines is 1. The first-order chi connectivity index (χ1) is 8.06. The van der Waals surface area contributed by atoms with Crippen molar-refractivity contribution in [1.82, 2.24) is 0 Å². The van der Waals surface area contributed by atoms with E-state index in [1.807, 2.05) is 0 Å². The van der Waals surface area contributed by atoms with E-state index in [0.717, 1.165) is 0 Å². The molecule has 0 radical (unpaired) electrons. The van der Waals surface area contributed by atoms with E-state index in [4.69, 9.17) is 5.11 Å². The molecular formula is C12H17F2NO2. The smallest absolute Gasteiger partial charge is 0.255 e. The van der Waals surface area contributed by atoms with E-state index in [2.05, 4.69) is 0 Å². The normalized spacial score (nSPS) is 12.8. The lowest BCUT2D eigenvalue weighted by Gasteiger charge is -2.26. The lowest BCUT2D eigenvalue weighted by Crippen LogP contribution is -2.32. The molecular weight excluding hydrogens is 228 g/mol. The summed E-state index contributed by atoms with van der Waals surface area (Å²) in [7, 11) is 0. The molecule has 0 saturated carbocycles. The summed E-state index contributed by atoms with van der Waals surface area (Å²) >= 11 is 0. The molecule has 0 heterocycles. The third kappa shape index (κ3) is 3.94. The molecule has 0 amide bonds. The maximum absolute atomic E-state index is 12.4. The van der Waals surface area contributed by atoms with Crippen LogP contribution in [0.2, 0.25) is 0 Å². The lowest BCUT2D eigenvalue weighted by atomic mass is 10.1. The first-order valence-electron chi connectivity index (χ1n) is 5.47. The Balaban J connectivity index is 2.99. The summed E-state index contributed by atoms with van der Waals surface area (Å²) < 4.78 is 24.9. The summed E-state index contributed by atoms with van der Waals surface area (Å²) in [6.07, 6.45) is -3.21. The molecule has 0 aliphatic carbocycles. The highest BCUT2D eigenvalue weighted by molar-refractivity contribution is 5.54. The fraction of sp³-hybridized carbons (Fsp3) is 0.500. The van der Waals surface area contributed by atoms with Gasteiger partial charge in [0.1, 0.15) is 0 Å². The van der Waals surface area contributed by atoms with Crippen LogP contribution >= 0.6 is 0 Å². The zero-order valence-corrected chi connectivity index (χ0v) is 9.68. The van der Waals surface area contributed by atoms with Gasteiger partial charge in [0.25, 0.3) is 6.43 Å². The van der Waals surface area contributed by atoms with E-state index in [1.54, 1.807) is 31.2 Å². The molecule has 0 saturated heterocycles. The lowest BCUT2D eigenvalue weighted by molar-refractivity contribution is 0.152. The van der Waals surface area contributed by atoms with Crippen LogP contribution in [0, 0.1) is 0 Å². The summed E-state index contributed by atoms with van der Waals surface area (Å²) in [6.45, 7) is 1.04. The van der Waals surface area contributed by atoms with E-state index in [1.165, 1.54) is 4.90 Å². The number of hydrogen-bond acceptors (Lipinski definition) is 3. The van der Waals surface area contributed by atoms with Crippen molar-refractivity contribution in [1.29, 1.82) is 0 Å². The van der Waals surface area contributed by atoms with Crippen LogP contribution in [-0.4, -0.2) is 36.3 Å². The van der Waals surface area contributed by atoms with Gasteiger partial charge in [0.2, 0.25) is 0 Å². The molecule has 1 aromatic carbocycles. The summed E-state index contributed by atoms with van der Waals surface area (Å²) in [5.74, 6) is 0. The average Bonchev–Trinajstić information content (AvgIpc) is 2.28. The number of halogens is 2. The Bertz CT molecular complexity index is 345. The number of alkyl halides is 2. The fourth-order valence-electron chi connectivity index (χ4n) is 1.73. The highest BCUT2D eigenvalue weighted by Gasteiger charge is 2.17. The van der Waals surface area contributed by atoms with E-state index < -0.39 is 19.1 Å². The molecule has 1 atom stereocenters. The van der Waals surface area contributed by atoms with Gasteiger partial charge in [-0.25, -0.2) is 8.78 Å². The van der Waals surface area contributed by atoms with Crippen molar-refractivity contribution in [3.8, 4) is 0 Å². The molecule has 0 bridgehead atoms. The Morgan fingerprint density at radius 2 is 1.94 bits per heavy atom. The Kier molecular flexibility index (Phi) is 5.31. The number of aliphatic hydroxyl groups excluding tert-OH is 2. The highest BCUT2D eigenvalue weighted by atomic mass is 19.3. The zero-order valence-electron chi connectivity index (χ0n) is 9.68. The minimum absolute atomic E-state index is 0.119. The predicted molar refractivity (Wildman–Crippen MR) is 62.4 cm³/mol. The molecule has 1 aromatic rings. The van der Waals surface area contributed by atoms with Gasteiger partial charge >= 0.3 is 0 Å². The maximum atomic E-state index is 12.4. The molecule has 17 heavy (non-hydrogen) atoms. The topological polar surface area (TPSA) is 43.7 Å². The van der Waals surface area contributed by atoms with E-state index in [0.29, 0.717) is 11.3 Å². The van der Waals surface area contributed by atoms with Gasteiger partial charge in [0.05, 0.1) is 19.3 Å². The van der Waals surface area contributed by atoms with Crippen LogP contribution in [0.1, 0.15) is 18.6 Å². The number of hydrogen-bond donors (Lipinski definition) is 2. The van der Waals surface area contributed by atoms with Gasteiger partial charge in [-0.15, -0.1) is 0 Å². The first-order valence-corrected chi connectivity index (χ1v) is 5.47. The quantitative estimate of drug-likeness (QED) is 0.803. The van der Waals surface area contributed by atoms with Gasteiger partial charge in [-0.2, -0.15) is 0 Å². The van der Waals surface area contributed by atoms with Gasteiger partial charge in [0, 0.05) is 17.8 Å². The van der Waals surface area contributed by atoms with Crippen molar-refractivity contribution < 1.29 is 19.0 Å². The van der Waals surface area contributed by atoms with E-state index in [-0.39, 0.29) is 13.2 Å². The molecule has 0 aliphatic heterocycles. The van der Waals surface area contributed by atoms with Crippen molar-refractivity contribution in [2.24, 2.45) is 0 Å². The second kappa shape index (κ2) is 6.51. The Morgan fingerprint density at radius 3 is 2.47 bits per heavy atom. The van der Waals surface area contributed by atoms with Crippen LogP contribution in [0.5, 0.6) is 0 Å². The van der Waals surface area contributed by atoms with E-state index in [9.17, 15) is 13.9 Å². The summed E-state index contributed by atoms with van der Waals surface area (Å²) in [6, 6.07) is 6.82. The highest BCUT2D eigenvalue weighted by Crippen LogP contribution is 2.26. The third-order valence-electron chi connectivity index (χ3n) is 2.46. The minimum atomic E-state index is -2.48. The number of benzene rings is 1. The van der Waals surface area contributed by atoms with Crippen molar-refractivity contribution in [3.05, 3.63) is 29.8 Å². The van der Waals surface area contributed by atoms with Crippen molar-refractivity contribution >= 4 is 5.69 Å². The predicted octanol–water partition coefficient (Wildman–Crippen LogP) is 1.80. The zero-order chi connectivity index (χ0) is 12.8. The van der Waals surface area contributed by atoms with Crippen LogP contribution in [0.25, 0.3) is 0 Å². The largest absolute Gasteiger partial charge is 0.395 e. The monoisotopic (exact) mass is 245 g/mol. The van der Waals surface area contributed by atoms with Gasteiger partial charge < -0.3 is 15.1 Å². The van der Waals surface area contributed by atoms with Gasteiger partial charge in [-0.05, 0) is 13.0 Å². The molecule has 96 valence electrons. The number of rotatable bonds is 6. The van der Waals surface area contributed by atoms with Crippen LogP contribution in [-0.2, 0) is 0 Å². The van der Waals surface area contributed by atoms with E-state index >= 15 is 0 Å². The molecule has 0 unspecified atom stereocenters. The summed E-state index contributed by atoms with van der Waals surface area (Å²) in [5.41, 5.74) is 1.12. The first kappa shape index (κ1) is 13.9. The molecule has 0 aliphatic rings. The third-order valence-corrected chi connectivity index (χ3v) is 2.46. The second-order valence-electron chi connectivity index (χ2n) is 3.80. The maximum Gasteiger partial charge on any atom is 0.255 e. The Morgan fingerprint density at radius 1 is 1.29 bits per heavy atom.